The van der Waals surface area contributed by atoms with Gasteiger partial charge in [0.2, 0.25) is 0 Å². The lowest BCUT2D eigenvalue weighted by Crippen LogP contribution is -2.37. The van der Waals surface area contributed by atoms with Crippen molar-refractivity contribution in [2.45, 2.75) is 33.9 Å². The molecule has 0 amide bonds. The molecule has 0 bridgehead atoms. The molecule has 27 heavy (non-hydrogen) atoms. The molecule has 7 heteroatoms. The van der Waals surface area contributed by atoms with Gasteiger partial charge in [0.15, 0.2) is 5.96 Å². The summed E-state index contributed by atoms with van der Waals surface area (Å²) in [6.07, 6.45) is 0. The molecule has 0 saturated carbocycles. The first-order chi connectivity index (χ1) is 12.7. The Morgan fingerprint density at radius 2 is 2.00 bits per heavy atom. The number of thiophene rings is 1. The van der Waals surface area contributed by atoms with Crippen LogP contribution in [0.3, 0.4) is 0 Å². The summed E-state index contributed by atoms with van der Waals surface area (Å²) in [5, 5.41) is 15.6. The number of nitrogens with one attached hydrogen (secondary N) is 2. The average Bonchev–Trinajstić information content (AvgIpc) is 3.27. The Balaban J connectivity index is 0.00000261. The van der Waals surface area contributed by atoms with E-state index in [1.807, 2.05) is 17.7 Å². The Bertz CT molecular complexity index is 870. The van der Waals surface area contributed by atoms with Crippen molar-refractivity contribution in [2.24, 2.45) is 4.99 Å². The predicted octanol–water partition coefficient (Wildman–Crippen LogP) is 4.42. The molecule has 2 N–H and O–H groups in total. The maximum absolute atomic E-state index is 4.67. The highest BCUT2D eigenvalue weighted by molar-refractivity contribution is 14.0. The molecule has 3 rings (SSSR count). The second-order valence-electron chi connectivity index (χ2n) is 6.15. The summed E-state index contributed by atoms with van der Waals surface area (Å²) in [6, 6.07) is 12.5. The van der Waals surface area contributed by atoms with E-state index in [4.69, 9.17) is 0 Å². The summed E-state index contributed by atoms with van der Waals surface area (Å²) in [6.45, 7) is 8.36. The summed E-state index contributed by atoms with van der Waals surface area (Å²) in [7, 11) is 0. The number of aliphatic imine (C=N–C) groups is 1. The topological polar surface area (TPSA) is 54.2 Å². The quantitative estimate of drug-likeness (QED) is 0.303. The molecule has 144 valence electrons. The molecular weight excluding hydrogens is 469 g/mol. The van der Waals surface area contributed by atoms with E-state index in [0.717, 1.165) is 29.6 Å². The van der Waals surface area contributed by atoms with Crippen LogP contribution in [-0.2, 0) is 13.1 Å². The van der Waals surface area contributed by atoms with Gasteiger partial charge >= 0.3 is 0 Å². The lowest BCUT2D eigenvalue weighted by atomic mass is 10.1. The number of aryl methyl sites for hydroxylation is 2. The highest BCUT2D eigenvalue weighted by Crippen LogP contribution is 2.17. The molecular formula is C20H26IN5S. The van der Waals surface area contributed by atoms with Crippen LogP contribution in [0.15, 0.2) is 52.2 Å². The number of aromatic nitrogens is 2. The van der Waals surface area contributed by atoms with Crippen LogP contribution in [0, 0.1) is 13.8 Å². The van der Waals surface area contributed by atoms with Crippen molar-refractivity contribution in [2.75, 3.05) is 6.54 Å². The summed E-state index contributed by atoms with van der Waals surface area (Å²) < 4.78 is 2.00. The Hall–Kier alpha value is -1.87. The Morgan fingerprint density at radius 3 is 2.67 bits per heavy atom. The van der Waals surface area contributed by atoms with Crippen molar-refractivity contribution in [3.05, 3.63) is 69.7 Å². The van der Waals surface area contributed by atoms with Crippen LogP contribution in [0.25, 0.3) is 5.69 Å². The molecule has 5 nitrogen and oxygen atoms in total. The number of guanidine groups is 1. The minimum absolute atomic E-state index is 0. The number of hydrogen-bond acceptors (Lipinski definition) is 3. The molecule has 0 spiro atoms. The van der Waals surface area contributed by atoms with E-state index >= 15 is 0 Å². The van der Waals surface area contributed by atoms with Crippen molar-refractivity contribution in [1.29, 1.82) is 0 Å². The molecule has 0 fully saturated rings. The second kappa shape index (κ2) is 10.5. The van der Waals surface area contributed by atoms with E-state index in [0.29, 0.717) is 13.1 Å². The van der Waals surface area contributed by atoms with E-state index in [1.54, 1.807) is 11.3 Å². The maximum Gasteiger partial charge on any atom is 0.191 e. The largest absolute Gasteiger partial charge is 0.357 e. The van der Waals surface area contributed by atoms with Crippen LogP contribution >= 0.6 is 35.3 Å². The minimum atomic E-state index is 0. The lowest BCUT2D eigenvalue weighted by Gasteiger charge is -2.15. The molecule has 0 radical (unpaired) electrons. The van der Waals surface area contributed by atoms with Gasteiger partial charge in [-0.1, -0.05) is 18.2 Å². The minimum Gasteiger partial charge on any atom is -0.357 e. The number of rotatable bonds is 6. The maximum atomic E-state index is 4.67. The Labute approximate surface area is 181 Å². The Morgan fingerprint density at radius 1 is 1.19 bits per heavy atom. The smallest absolute Gasteiger partial charge is 0.191 e. The van der Waals surface area contributed by atoms with E-state index in [1.165, 1.54) is 11.1 Å². The zero-order chi connectivity index (χ0) is 18.4. The molecule has 0 aliphatic rings. The summed E-state index contributed by atoms with van der Waals surface area (Å²) in [4.78, 5) is 4.67. The van der Waals surface area contributed by atoms with E-state index in [-0.39, 0.29) is 24.0 Å². The molecule has 0 aliphatic carbocycles. The highest BCUT2D eigenvalue weighted by Gasteiger charge is 2.09. The van der Waals surface area contributed by atoms with Gasteiger partial charge < -0.3 is 10.6 Å². The molecule has 0 unspecified atom stereocenters. The molecule has 0 saturated heterocycles. The SMILES string of the molecule is CCNC(=NCc1ccsc1)NCc1ccccc1-n1nc(C)cc1C.I. The zero-order valence-corrected chi connectivity index (χ0v) is 19.0. The average molecular weight is 495 g/mol. The van der Waals surface area contributed by atoms with Gasteiger partial charge in [-0.15, -0.1) is 24.0 Å². The first kappa shape index (κ1) is 21.4. The number of nitrogens with zero attached hydrogens (tertiary/aromatic N) is 3. The van der Waals surface area contributed by atoms with Crippen molar-refractivity contribution >= 4 is 41.3 Å². The lowest BCUT2D eigenvalue weighted by molar-refractivity contribution is 0.784. The third-order valence-corrected chi connectivity index (χ3v) is 4.75. The van der Waals surface area contributed by atoms with Crippen LogP contribution in [0.4, 0.5) is 0 Å². The van der Waals surface area contributed by atoms with Gasteiger partial charge in [-0.05, 0) is 60.9 Å². The van der Waals surface area contributed by atoms with Crippen molar-refractivity contribution in [3.8, 4) is 5.69 Å². The predicted molar refractivity (Wildman–Crippen MR) is 124 cm³/mol. The van der Waals surface area contributed by atoms with Crippen LogP contribution in [-0.4, -0.2) is 22.3 Å². The van der Waals surface area contributed by atoms with Crippen molar-refractivity contribution in [1.82, 2.24) is 20.4 Å². The van der Waals surface area contributed by atoms with Crippen molar-refractivity contribution < 1.29 is 0 Å². The monoisotopic (exact) mass is 495 g/mol. The summed E-state index contributed by atoms with van der Waals surface area (Å²) in [5.74, 6) is 0.821. The standard InChI is InChI=1S/C20H25N5S.HI/c1-4-21-20(22-12-17-9-10-26-14-17)23-13-18-7-5-6-8-19(18)25-16(3)11-15(2)24-25;/h5-11,14H,4,12-13H2,1-3H3,(H2,21,22,23);1H. The highest BCUT2D eigenvalue weighted by atomic mass is 127. The van der Waals surface area contributed by atoms with Crippen LogP contribution in [0.2, 0.25) is 0 Å². The van der Waals surface area contributed by atoms with Gasteiger partial charge in [-0.25, -0.2) is 9.67 Å². The third-order valence-electron chi connectivity index (χ3n) is 4.02. The van der Waals surface area contributed by atoms with Gasteiger partial charge in [0, 0.05) is 18.8 Å². The molecule has 0 aliphatic heterocycles. The van der Waals surface area contributed by atoms with Gasteiger partial charge in [-0.2, -0.15) is 16.4 Å². The molecule has 0 atom stereocenters. The van der Waals surface area contributed by atoms with Gasteiger partial charge in [0.05, 0.1) is 17.9 Å². The summed E-state index contributed by atoms with van der Waals surface area (Å²) in [5.41, 5.74) is 5.67. The first-order valence-corrected chi connectivity index (χ1v) is 9.76. The first-order valence-electron chi connectivity index (χ1n) is 8.82. The number of benzene rings is 1. The Kier molecular flexibility index (Phi) is 8.30. The van der Waals surface area contributed by atoms with E-state index in [9.17, 15) is 0 Å². The zero-order valence-electron chi connectivity index (χ0n) is 15.9. The molecule has 1 aromatic carbocycles. The molecule has 2 aromatic heterocycles. The van der Waals surface area contributed by atoms with Crippen LogP contribution in [0.5, 0.6) is 0 Å². The van der Waals surface area contributed by atoms with E-state index < -0.39 is 0 Å². The normalized spacial score (nSPS) is 11.1. The molecule has 2 heterocycles. The third kappa shape index (κ3) is 5.80. The fourth-order valence-electron chi connectivity index (χ4n) is 2.81. The second-order valence-corrected chi connectivity index (χ2v) is 6.93. The summed E-state index contributed by atoms with van der Waals surface area (Å²) >= 11 is 1.70. The molecule has 3 aromatic rings. The van der Waals surface area contributed by atoms with E-state index in [2.05, 4.69) is 75.7 Å². The van der Waals surface area contributed by atoms with Gasteiger partial charge in [-0.3, -0.25) is 0 Å². The fourth-order valence-corrected chi connectivity index (χ4v) is 3.47. The fraction of sp³-hybridized carbons (Fsp3) is 0.300. The van der Waals surface area contributed by atoms with Gasteiger partial charge in [0.1, 0.15) is 0 Å². The number of halogens is 1. The van der Waals surface area contributed by atoms with Crippen LogP contribution < -0.4 is 10.6 Å². The number of hydrogen-bond donors (Lipinski definition) is 2. The number of para-hydroxylation sites is 1. The van der Waals surface area contributed by atoms with Crippen molar-refractivity contribution in [3.63, 3.8) is 0 Å². The van der Waals surface area contributed by atoms with Gasteiger partial charge in [0.25, 0.3) is 0 Å². The van der Waals surface area contributed by atoms with Crippen LogP contribution in [0.1, 0.15) is 29.4 Å².